The number of nitrogens with one attached hydrogen (secondary N) is 1. The first-order chi connectivity index (χ1) is 17.6. The predicted octanol–water partition coefficient (Wildman–Crippen LogP) is 6.11. The number of para-hydroxylation sites is 1. The number of carbonyl (C=O) groups is 1. The van der Waals surface area contributed by atoms with Crippen molar-refractivity contribution < 1.29 is 28.5 Å². The highest BCUT2D eigenvalue weighted by atomic mass is 35.5. The van der Waals surface area contributed by atoms with Crippen LogP contribution in [-0.4, -0.2) is 43.5 Å². The average Bonchev–Trinajstić information content (AvgIpc) is 2.90. The molecule has 0 saturated heterocycles. The van der Waals surface area contributed by atoms with Gasteiger partial charge in [0.15, 0.2) is 11.5 Å². The molecular formula is C26H24ClN3O6. The number of methoxy groups -OCH3 is 2. The second-order valence-corrected chi connectivity index (χ2v) is 7.83. The largest absolute Gasteiger partial charge is 0.493 e. The van der Waals surface area contributed by atoms with Gasteiger partial charge in [-0.2, -0.15) is 0 Å². The maximum atomic E-state index is 12.1. The van der Waals surface area contributed by atoms with E-state index in [1.807, 2.05) is 12.1 Å². The third-order valence-corrected chi connectivity index (χ3v) is 5.35. The monoisotopic (exact) mass is 509 g/mol. The van der Waals surface area contributed by atoms with E-state index in [1.54, 1.807) is 62.8 Å². The number of hydrogen-bond acceptors (Lipinski definition) is 8. The van der Waals surface area contributed by atoms with Gasteiger partial charge in [0.25, 0.3) is 0 Å². The summed E-state index contributed by atoms with van der Waals surface area (Å²) in [5, 5.41) is 3.88. The Hall–Kier alpha value is -4.24. The highest BCUT2D eigenvalue weighted by Crippen LogP contribution is 2.35. The van der Waals surface area contributed by atoms with Crippen LogP contribution in [0.2, 0.25) is 5.02 Å². The van der Waals surface area contributed by atoms with Crippen LogP contribution in [-0.2, 0) is 4.74 Å². The summed E-state index contributed by atoms with van der Waals surface area (Å²) in [5.74, 6) is 2.59. The second kappa shape index (κ2) is 11.9. The fourth-order valence-corrected chi connectivity index (χ4v) is 3.47. The van der Waals surface area contributed by atoms with Gasteiger partial charge in [-0.05, 0) is 42.5 Å². The fraction of sp³-hybridized carbons (Fsp3) is 0.192. The van der Waals surface area contributed by atoms with E-state index in [-0.39, 0.29) is 6.61 Å². The molecule has 0 saturated carbocycles. The molecule has 0 radical (unpaired) electrons. The maximum Gasteiger partial charge on any atom is 0.411 e. The third-order valence-electron chi connectivity index (χ3n) is 5.04. The minimum Gasteiger partial charge on any atom is -0.493 e. The molecule has 0 aliphatic rings. The van der Waals surface area contributed by atoms with Gasteiger partial charge in [0, 0.05) is 18.2 Å². The van der Waals surface area contributed by atoms with Crippen molar-refractivity contribution in [3.8, 4) is 28.9 Å². The standard InChI is InChI=1S/C26H24ClN3O6/c1-32-23-14-19-21(15-24(23)33-2)28-16-29-25(19)36-18-10-8-17(9-11-18)30-26(31)35-13-5-12-34-22-7-4-3-6-20(22)27/h3-4,6-11,14-16H,5,12-13H2,1-2H3,(H,30,31). The molecule has 0 fully saturated rings. The molecular weight excluding hydrogens is 486 g/mol. The zero-order chi connectivity index (χ0) is 25.3. The first kappa shape index (κ1) is 24.9. The van der Waals surface area contributed by atoms with Crippen molar-refractivity contribution in [3.63, 3.8) is 0 Å². The van der Waals surface area contributed by atoms with Gasteiger partial charge < -0.3 is 23.7 Å². The number of ether oxygens (including phenoxy) is 5. The molecule has 4 aromatic rings. The summed E-state index contributed by atoms with van der Waals surface area (Å²) < 4.78 is 27.4. The lowest BCUT2D eigenvalue weighted by Crippen LogP contribution is -2.15. The minimum atomic E-state index is -0.566. The maximum absolute atomic E-state index is 12.1. The van der Waals surface area contributed by atoms with Crippen molar-refractivity contribution in [2.24, 2.45) is 0 Å². The number of anilines is 1. The number of amides is 1. The summed E-state index contributed by atoms with van der Waals surface area (Å²) in [5.41, 5.74) is 1.20. The molecule has 4 rings (SSSR count). The van der Waals surface area contributed by atoms with Crippen molar-refractivity contribution in [1.29, 1.82) is 0 Å². The average molecular weight is 510 g/mol. The second-order valence-electron chi connectivity index (χ2n) is 7.42. The number of nitrogens with zero attached hydrogens (tertiary/aromatic N) is 2. The van der Waals surface area contributed by atoms with E-state index in [1.165, 1.54) is 6.33 Å². The van der Waals surface area contributed by atoms with Gasteiger partial charge in [-0.15, -0.1) is 0 Å². The van der Waals surface area contributed by atoms with Crippen molar-refractivity contribution in [3.05, 3.63) is 72.0 Å². The molecule has 0 spiro atoms. The Bertz CT molecular complexity index is 1330. The van der Waals surface area contributed by atoms with Gasteiger partial charge in [-0.25, -0.2) is 14.8 Å². The van der Waals surface area contributed by atoms with Crippen LogP contribution >= 0.6 is 11.6 Å². The molecule has 0 aliphatic heterocycles. The predicted molar refractivity (Wildman–Crippen MR) is 136 cm³/mol. The van der Waals surface area contributed by atoms with Gasteiger partial charge in [0.1, 0.15) is 17.8 Å². The van der Waals surface area contributed by atoms with Gasteiger partial charge in [0.05, 0.1) is 43.4 Å². The summed E-state index contributed by atoms with van der Waals surface area (Å²) in [4.78, 5) is 20.6. The molecule has 186 valence electrons. The van der Waals surface area contributed by atoms with Crippen LogP contribution in [0.5, 0.6) is 28.9 Å². The molecule has 0 atom stereocenters. The number of aromatic nitrogens is 2. The number of carbonyl (C=O) groups excluding carboxylic acids is 1. The summed E-state index contributed by atoms with van der Waals surface area (Å²) >= 11 is 6.04. The van der Waals surface area contributed by atoms with Crippen molar-refractivity contribution in [2.75, 3.05) is 32.8 Å². The van der Waals surface area contributed by atoms with Gasteiger partial charge in [-0.1, -0.05) is 23.7 Å². The van der Waals surface area contributed by atoms with Gasteiger partial charge in [0.2, 0.25) is 5.88 Å². The summed E-state index contributed by atoms with van der Waals surface area (Å²) in [7, 11) is 3.11. The molecule has 0 bridgehead atoms. The third kappa shape index (κ3) is 6.25. The molecule has 1 heterocycles. The Morgan fingerprint density at radius 1 is 0.917 bits per heavy atom. The quantitative estimate of drug-likeness (QED) is 0.255. The van der Waals surface area contributed by atoms with Crippen LogP contribution in [0.25, 0.3) is 10.9 Å². The lowest BCUT2D eigenvalue weighted by Gasteiger charge is -2.12. The van der Waals surface area contributed by atoms with Crippen molar-refractivity contribution in [1.82, 2.24) is 9.97 Å². The zero-order valence-corrected chi connectivity index (χ0v) is 20.4. The Balaban J connectivity index is 1.29. The molecule has 1 N–H and O–H groups in total. The number of hydrogen-bond donors (Lipinski definition) is 1. The Labute approximate surface area is 212 Å². The Morgan fingerprint density at radius 2 is 1.67 bits per heavy atom. The van der Waals surface area contributed by atoms with Gasteiger partial charge in [-0.3, -0.25) is 5.32 Å². The molecule has 0 aliphatic carbocycles. The lowest BCUT2D eigenvalue weighted by molar-refractivity contribution is 0.152. The Kier molecular flexibility index (Phi) is 8.25. The Morgan fingerprint density at radius 3 is 2.42 bits per heavy atom. The first-order valence-electron chi connectivity index (χ1n) is 11.0. The number of fused-ring (bicyclic) bond motifs is 1. The van der Waals surface area contributed by atoms with Gasteiger partial charge >= 0.3 is 6.09 Å². The molecule has 9 nitrogen and oxygen atoms in total. The van der Waals surface area contributed by atoms with E-state index in [0.717, 1.165) is 0 Å². The molecule has 36 heavy (non-hydrogen) atoms. The highest BCUT2D eigenvalue weighted by Gasteiger charge is 2.13. The van der Waals surface area contributed by atoms with Crippen LogP contribution in [0.1, 0.15) is 6.42 Å². The van der Waals surface area contributed by atoms with Crippen LogP contribution in [0.15, 0.2) is 67.0 Å². The molecule has 1 amide bonds. The van der Waals surface area contributed by atoms with Crippen LogP contribution in [0.3, 0.4) is 0 Å². The lowest BCUT2D eigenvalue weighted by atomic mass is 10.2. The van der Waals surface area contributed by atoms with E-state index in [2.05, 4.69) is 15.3 Å². The summed E-state index contributed by atoms with van der Waals surface area (Å²) in [6.45, 7) is 0.575. The van der Waals surface area contributed by atoms with Crippen molar-refractivity contribution >= 4 is 34.3 Å². The van der Waals surface area contributed by atoms with Crippen LogP contribution < -0.4 is 24.3 Å². The van der Waals surface area contributed by atoms with E-state index in [4.69, 9.17) is 35.3 Å². The smallest absolute Gasteiger partial charge is 0.411 e. The van der Waals surface area contributed by atoms with Crippen molar-refractivity contribution in [2.45, 2.75) is 6.42 Å². The topological polar surface area (TPSA) is 101 Å². The first-order valence-corrected chi connectivity index (χ1v) is 11.4. The fourth-order valence-electron chi connectivity index (χ4n) is 3.28. The highest BCUT2D eigenvalue weighted by molar-refractivity contribution is 6.32. The molecule has 3 aromatic carbocycles. The zero-order valence-electron chi connectivity index (χ0n) is 19.7. The van der Waals surface area contributed by atoms with Crippen LogP contribution in [0, 0.1) is 0 Å². The molecule has 0 unspecified atom stereocenters. The summed E-state index contributed by atoms with van der Waals surface area (Å²) in [6.07, 6.45) is 1.37. The summed E-state index contributed by atoms with van der Waals surface area (Å²) in [6, 6.07) is 17.5. The number of halogens is 1. The number of benzene rings is 3. The number of rotatable bonds is 10. The van der Waals surface area contributed by atoms with E-state index in [9.17, 15) is 4.79 Å². The van der Waals surface area contributed by atoms with E-state index < -0.39 is 6.09 Å². The van der Waals surface area contributed by atoms with Crippen LogP contribution in [0.4, 0.5) is 10.5 Å². The molecule has 1 aromatic heterocycles. The van der Waals surface area contributed by atoms with E-state index in [0.29, 0.717) is 63.5 Å². The SMILES string of the molecule is COc1cc2ncnc(Oc3ccc(NC(=O)OCCCOc4ccccc4Cl)cc3)c2cc1OC. The normalized spacial score (nSPS) is 10.5. The minimum absolute atomic E-state index is 0.201. The molecule has 10 heteroatoms. The van der Waals surface area contributed by atoms with E-state index >= 15 is 0 Å².